The number of hydrogen-bond acceptors (Lipinski definition) is 2. The van der Waals surface area contributed by atoms with Crippen molar-refractivity contribution < 1.29 is 8.85 Å². The molecule has 0 radical (unpaired) electrons. The Morgan fingerprint density at radius 1 is 0.857 bits per heavy atom. The predicted octanol–water partition coefficient (Wildman–Crippen LogP) is 5.35. The fourth-order valence-corrected chi connectivity index (χ4v) is 10.3. The van der Waals surface area contributed by atoms with Crippen LogP contribution < -0.4 is 0 Å². The van der Waals surface area contributed by atoms with Gasteiger partial charge in [-0.05, 0) is 52.4 Å². The van der Waals surface area contributed by atoms with Gasteiger partial charge in [-0.3, -0.25) is 0 Å². The van der Waals surface area contributed by atoms with Gasteiger partial charge in [0.15, 0.2) is 8.32 Å². The van der Waals surface area contributed by atoms with E-state index in [1.807, 2.05) is 0 Å². The van der Waals surface area contributed by atoms with E-state index in [0.717, 1.165) is 18.9 Å². The van der Waals surface area contributed by atoms with Gasteiger partial charge < -0.3 is 8.85 Å². The predicted molar refractivity (Wildman–Crippen MR) is 104 cm³/mol. The molecule has 0 aromatic rings. The zero-order valence-corrected chi connectivity index (χ0v) is 19.7. The molecule has 0 spiro atoms. The minimum absolute atomic E-state index is 0.0101. The molecule has 0 aliphatic rings. The first-order valence-corrected chi connectivity index (χ1v) is 17.4. The fraction of sp³-hybridized carbons (Fsp3) is 1.00. The minimum Gasteiger partial charge on any atom is -0.415 e. The Morgan fingerprint density at radius 3 is 1.52 bits per heavy atom. The van der Waals surface area contributed by atoms with Crippen molar-refractivity contribution >= 4 is 25.4 Å². The molecule has 1 atom stereocenters. The maximum atomic E-state index is 6.84. The highest BCUT2D eigenvalue weighted by molar-refractivity contribution is 6.79. The molecule has 21 heavy (non-hydrogen) atoms. The van der Waals surface area contributed by atoms with Gasteiger partial charge in [0.2, 0.25) is 9.04 Å². The Labute approximate surface area is 137 Å². The third-order valence-electron chi connectivity index (χ3n) is 4.91. The summed E-state index contributed by atoms with van der Waals surface area (Å²) in [5.41, 5.74) is 0. The van der Waals surface area contributed by atoms with E-state index in [9.17, 15) is 0 Å². The average molecular weight is 349 g/mol. The van der Waals surface area contributed by atoms with Crippen LogP contribution in [0.1, 0.15) is 47.5 Å². The third kappa shape index (κ3) is 5.94. The monoisotopic (exact) mass is 348 g/mol. The summed E-state index contributed by atoms with van der Waals surface area (Å²) in [7, 11) is -4.37. The highest BCUT2D eigenvalue weighted by Gasteiger charge is 2.46. The van der Waals surface area contributed by atoms with Crippen LogP contribution in [-0.2, 0) is 8.85 Å². The summed E-state index contributed by atoms with van der Waals surface area (Å²) in [4.78, 5) is 0. The van der Waals surface area contributed by atoms with Crippen molar-refractivity contribution in [1.82, 2.24) is 0 Å². The molecule has 0 heterocycles. The van der Waals surface area contributed by atoms with Gasteiger partial charge in [-0.25, -0.2) is 0 Å². The summed E-state index contributed by atoms with van der Waals surface area (Å²) in [6, 6.07) is 1.15. The van der Waals surface area contributed by atoms with E-state index in [1.54, 1.807) is 0 Å². The summed E-state index contributed by atoms with van der Waals surface area (Å²) in [5, 5.41) is 0.0361. The van der Waals surface area contributed by atoms with E-state index in [1.165, 1.54) is 0 Å². The standard InChI is InChI=1S/C16H40O2Si3/c1-12-16(13-2,18-21(9,10)11)19(14-3)17-15(4,5)20(6,7)8/h19H,12-14H2,1-11H3. The maximum absolute atomic E-state index is 6.84. The van der Waals surface area contributed by atoms with Gasteiger partial charge in [0.05, 0.1) is 13.3 Å². The Hall–Kier alpha value is 0.571. The first-order chi connectivity index (χ1) is 9.24. The van der Waals surface area contributed by atoms with Crippen LogP contribution in [0.4, 0.5) is 0 Å². The van der Waals surface area contributed by atoms with E-state index in [4.69, 9.17) is 8.85 Å². The molecule has 128 valence electrons. The Bertz CT molecular complexity index is 312. The Balaban J connectivity index is 5.45. The first kappa shape index (κ1) is 21.6. The number of hydrogen-bond donors (Lipinski definition) is 0. The average Bonchev–Trinajstić information content (AvgIpc) is 2.30. The molecule has 0 saturated carbocycles. The van der Waals surface area contributed by atoms with Gasteiger partial charge in [-0.2, -0.15) is 0 Å². The molecule has 0 N–H and O–H groups in total. The summed E-state index contributed by atoms with van der Waals surface area (Å²) < 4.78 is 13.6. The second-order valence-electron chi connectivity index (χ2n) is 8.76. The van der Waals surface area contributed by atoms with Crippen molar-refractivity contribution in [3.05, 3.63) is 0 Å². The molecule has 0 rings (SSSR count). The third-order valence-corrected chi connectivity index (χ3v) is 13.9. The minimum atomic E-state index is -1.57. The molecule has 0 aliphatic heterocycles. The maximum Gasteiger partial charge on any atom is 0.207 e. The first-order valence-electron chi connectivity index (χ1n) is 8.62. The van der Waals surface area contributed by atoms with Gasteiger partial charge >= 0.3 is 0 Å². The highest BCUT2D eigenvalue weighted by atomic mass is 28.4. The van der Waals surface area contributed by atoms with Crippen molar-refractivity contribution in [2.45, 2.75) is 103 Å². The van der Waals surface area contributed by atoms with Crippen molar-refractivity contribution in [3.8, 4) is 0 Å². The molecule has 0 bridgehead atoms. The molecular formula is C16H40O2Si3. The molecule has 0 aromatic heterocycles. The van der Waals surface area contributed by atoms with Crippen LogP contribution in [0.2, 0.25) is 45.3 Å². The molecule has 0 saturated heterocycles. The summed E-state index contributed by atoms with van der Waals surface area (Å²) in [6.45, 7) is 25.6. The lowest BCUT2D eigenvalue weighted by Gasteiger charge is -2.48. The van der Waals surface area contributed by atoms with Crippen molar-refractivity contribution in [3.63, 3.8) is 0 Å². The topological polar surface area (TPSA) is 18.5 Å². The largest absolute Gasteiger partial charge is 0.415 e. The zero-order valence-electron chi connectivity index (χ0n) is 16.5. The molecule has 0 aliphatic carbocycles. The highest BCUT2D eigenvalue weighted by Crippen LogP contribution is 2.35. The Morgan fingerprint density at radius 2 is 1.29 bits per heavy atom. The van der Waals surface area contributed by atoms with Crippen LogP contribution in [0.15, 0.2) is 0 Å². The SMILES string of the molecule is CC[SiH](OC(C)(C)[Si](C)(C)C)C(CC)(CC)O[Si](C)(C)C. The summed E-state index contributed by atoms with van der Waals surface area (Å²) >= 11 is 0. The molecule has 1 unspecified atom stereocenters. The molecule has 5 heteroatoms. The lowest BCUT2D eigenvalue weighted by atomic mass is 10.2. The van der Waals surface area contributed by atoms with Gasteiger partial charge in [0.1, 0.15) is 0 Å². The fourth-order valence-electron chi connectivity index (χ4n) is 2.62. The molecule has 0 aromatic carbocycles. The van der Waals surface area contributed by atoms with Gasteiger partial charge in [0.25, 0.3) is 0 Å². The summed E-state index contributed by atoms with van der Waals surface area (Å²) in [5.74, 6) is 0. The van der Waals surface area contributed by atoms with Gasteiger partial charge in [-0.1, -0.05) is 40.4 Å². The molecule has 0 amide bonds. The molecule has 2 nitrogen and oxygen atoms in total. The van der Waals surface area contributed by atoms with Crippen LogP contribution in [-0.4, -0.2) is 35.9 Å². The van der Waals surface area contributed by atoms with Gasteiger partial charge in [-0.15, -0.1) is 0 Å². The van der Waals surface area contributed by atoms with E-state index in [2.05, 4.69) is 73.9 Å². The second kappa shape index (κ2) is 7.43. The smallest absolute Gasteiger partial charge is 0.207 e. The van der Waals surface area contributed by atoms with E-state index in [0.29, 0.717) is 0 Å². The second-order valence-corrected chi connectivity index (χ2v) is 22.0. The number of rotatable bonds is 9. The van der Waals surface area contributed by atoms with Gasteiger partial charge in [0, 0.05) is 5.22 Å². The van der Waals surface area contributed by atoms with E-state index < -0.39 is 25.4 Å². The van der Waals surface area contributed by atoms with Crippen molar-refractivity contribution in [2.75, 3.05) is 0 Å². The lowest BCUT2D eigenvalue weighted by molar-refractivity contribution is 0.0802. The summed E-state index contributed by atoms with van der Waals surface area (Å²) in [6.07, 6.45) is 2.17. The van der Waals surface area contributed by atoms with Crippen LogP contribution in [0.3, 0.4) is 0 Å². The normalized spacial score (nSPS) is 16.1. The van der Waals surface area contributed by atoms with E-state index >= 15 is 0 Å². The lowest BCUT2D eigenvalue weighted by Crippen LogP contribution is -2.60. The van der Waals surface area contributed by atoms with Crippen LogP contribution in [0, 0.1) is 0 Å². The van der Waals surface area contributed by atoms with Crippen LogP contribution >= 0.6 is 0 Å². The van der Waals surface area contributed by atoms with E-state index in [-0.39, 0.29) is 10.4 Å². The van der Waals surface area contributed by atoms with Crippen LogP contribution in [0.25, 0.3) is 0 Å². The zero-order chi connectivity index (χ0) is 17.1. The Kier molecular flexibility index (Phi) is 7.63. The van der Waals surface area contributed by atoms with Crippen LogP contribution in [0.5, 0.6) is 0 Å². The molecule has 0 fully saturated rings. The van der Waals surface area contributed by atoms with Crippen molar-refractivity contribution in [1.29, 1.82) is 0 Å². The molecular weight excluding hydrogens is 308 g/mol. The van der Waals surface area contributed by atoms with Crippen molar-refractivity contribution in [2.24, 2.45) is 0 Å². The quantitative estimate of drug-likeness (QED) is 0.523.